The zero-order chi connectivity index (χ0) is 20.1. The Kier molecular flexibility index (Phi) is 5.78. The molecule has 2 aromatic carbocycles. The number of hydrogen-bond donors (Lipinski definition) is 1. The second-order valence-corrected chi connectivity index (χ2v) is 6.02. The van der Waals surface area contributed by atoms with Crippen LogP contribution in [-0.2, 0) is 27.3 Å². The van der Waals surface area contributed by atoms with Crippen molar-refractivity contribution in [3.05, 3.63) is 75.6 Å². The summed E-state index contributed by atoms with van der Waals surface area (Å²) in [6.45, 7) is -0.212. The van der Waals surface area contributed by atoms with Crippen LogP contribution in [0.15, 0.2) is 47.3 Å². The number of nitrogens with one attached hydrogen (secondary N) is 1. The van der Waals surface area contributed by atoms with Crippen molar-refractivity contribution in [2.75, 3.05) is 7.11 Å². The van der Waals surface area contributed by atoms with Gasteiger partial charge in [0.15, 0.2) is 0 Å². The maximum Gasteiger partial charge on any atom is 0.337 e. The molecule has 3 rings (SSSR count). The first-order valence-corrected chi connectivity index (χ1v) is 8.47. The molecule has 0 aliphatic heterocycles. The van der Waals surface area contributed by atoms with Crippen LogP contribution in [0.3, 0.4) is 0 Å². The number of H-pyrrole nitrogens is 1. The number of carbonyl (C=O) groups is 2. The molecule has 28 heavy (non-hydrogen) atoms. The predicted octanol–water partition coefficient (Wildman–Crippen LogP) is 2.52. The number of halogens is 1. The molecule has 0 aliphatic carbocycles. The van der Waals surface area contributed by atoms with Gasteiger partial charge in [0.25, 0.3) is 5.56 Å². The SMILES string of the molecule is COC(=O)c1ccc2c(=O)[nH]c(COC(=O)CCc3ccc(F)cc3)nc2c1. The first kappa shape index (κ1) is 19.2. The van der Waals surface area contributed by atoms with Gasteiger partial charge in [-0.25, -0.2) is 14.2 Å². The van der Waals surface area contributed by atoms with E-state index in [-0.39, 0.29) is 30.2 Å². The molecule has 8 heteroatoms. The van der Waals surface area contributed by atoms with E-state index in [1.165, 1.54) is 37.4 Å². The molecular weight excluding hydrogens is 367 g/mol. The van der Waals surface area contributed by atoms with Gasteiger partial charge in [0.2, 0.25) is 0 Å². The van der Waals surface area contributed by atoms with E-state index in [0.717, 1.165) is 5.56 Å². The molecule has 0 unspecified atom stereocenters. The minimum absolute atomic E-state index is 0.107. The van der Waals surface area contributed by atoms with Crippen LogP contribution in [0.4, 0.5) is 4.39 Å². The molecule has 0 aliphatic rings. The number of rotatable bonds is 6. The van der Waals surface area contributed by atoms with Crippen molar-refractivity contribution in [2.24, 2.45) is 0 Å². The molecular formula is C20H17FN2O5. The third-order valence-electron chi connectivity index (χ3n) is 4.08. The lowest BCUT2D eigenvalue weighted by molar-refractivity contribution is -0.145. The molecule has 1 aromatic heterocycles. The zero-order valence-electron chi connectivity index (χ0n) is 15.0. The minimum Gasteiger partial charge on any atom is -0.465 e. The maximum absolute atomic E-state index is 12.9. The van der Waals surface area contributed by atoms with Crippen LogP contribution >= 0.6 is 0 Å². The zero-order valence-corrected chi connectivity index (χ0v) is 15.0. The van der Waals surface area contributed by atoms with Gasteiger partial charge in [-0.3, -0.25) is 9.59 Å². The normalized spacial score (nSPS) is 10.6. The molecule has 144 valence electrons. The van der Waals surface area contributed by atoms with Crippen molar-refractivity contribution >= 4 is 22.8 Å². The highest BCUT2D eigenvalue weighted by atomic mass is 19.1. The topological polar surface area (TPSA) is 98.4 Å². The van der Waals surface area contributed by atoms with E-state index in [4.69, 9.17) is 4.74 Å². The van der Waals surface area contributed by atoms with Crippen molar-refractivity contribution in [1.82, 2.24) is 9.97 Å². The fourth-order valence-electron chi connectivity index (χ4n) is 2.62. The Balaban J connectivity index is 1.66. The van der Waals surface area contributed by atoms with Gasteiger partial charge in [0.1, 0.15) is 18.2 Å². The summed E-state index contributed by atoms with van der Waals surface area (Å²) < 4.78 is 22.7. The summed E-state index contributed by atoms with van der Waals surface area (Å²) in [5.74, 6) is -1.20. The number of ether oxygens (including phenoxy) is 2. The Bertz CT molecular complexity index is 1080. The standard InChI is InChI=1S/C20H17FN2O5/c1-27-20(26)13-5-8-15-16(10-13)22-17(23-19(15)25)11-28-18(24)9-4-12-2-6-14(21)7-3-12/h2-3,5-8,10H,4,9,11H2,1H3,(H,22,23,25). The lowest BCUT2D eigenvalue weighted by Gasteiger charge is -2.06. The third-order valence-corrected chi connectivity index (χ3v) is 4.08. The molecule has 1 heterocycles. The molecule has 0 amide bonds. The molecule has 0 atom stereocenters. The molecule has 7 nitrogen and oxygen atoms in total. The number of carbonyl (C=O) groups excluding carboxylic acids is 2. The minimum atomic E-state index is -0.544. The third kappa shape index (κ3) is 4.59. The van der Waals surface area contributed by atoms with Gasteiger partial charge in [-0.05, 0) is 42.3 Å². The van der Waals surface area contributed by atoms with E-state index in [1.807, 2.05) is 0 Å². The number of esters is 2. The van der Waals surface area contributed by atoms with E-state index >= 15 is 0 Å². The van der Waals surface area contributed by atoms with Gasteiger partial charge in [0.05, 0.1) is 23.6 Å². The summed E-state index contributed by atoms with van der Waals surface area (Å²) in [6.07, 6.45) is 0.513. The van der Waals surface area contributed by atoms with Crippen LogP contribution in [0.2, 0.25) is 0 Å². The Morgan fingerprint density at radius 1 is 1.14 bits per heavy atom. The summed E-state index contributed by atoms with van der Waals surface area (Å²) in [4.78, 5) is 42.5. The maximum atomic E-state index is 12.9. The Morgan fingerprint density at radius 2 is 1.89 bits per heavy atom. The summed E-state index contributed by atoms with van der Waals surface area (Å²) in [5.41, 5.74) is 0.962. The fraction of sp³-hybridized carbons (Fsp3) is 0.200. The van der Waals surface area contributed by atoms with E-state index < -0.39 is 17.5 Å². The van der Waals surface area contributed by atoms with E-state index in [1.54, 1.807) is 12.1 Å². The smallest absolute Gasteiger partial charge is 0.337 e. The van der Waals surface area contributed by atoms with Gasteiger partial charge in [-0.2, -0.15) is 0 Å². The Labute approximate surface area is 159 Å². The molecule has 3 aromatic rings. The summed E-state index contributed by atoms with van der Waals surface area (Å²) >= 11 is 0. The van der Waals surface area contributed by atoms with E-state index in [9.17, 15) is 18.8 Å². The molecule has 0 saturated carbocycles. The molecule has 0 bridgehead atoms. The highest BCUT2D eigenvalue weighted by Crippen LogP contribution is 2.12. The number of fused-ring (bicyclic) bond motifs is 1. The first-order valence-electron chi connectivity index (χ1n) is 8.47. The quantitative estimate of drug-likeness (QED) is 0.656. The number of nitrogens with zero attached hydrogens (tertiary/aromatic N) is 1. The van der Waals surface area contributed by atoms with Crippen LogP contribution in [0.5, 0.6) is 0 Å². The van der Waals surface area contributed by atoms with Crippen molar-refractivity contribution in [3.63, 3.8) is 0 Å². The number of benzene rings is 2. The van der Waals surface area contributed by atoms with Crippen LogP contribution in [0, 0.1) is 5.82 Å². The Morgan fingerprint density at radius 3 is 2.61 bits per heavy atom. The number of hydrogen-bond acceptors (Lipinski definition) is 6. The molecule has 1 N–H and O–H groups in total. The average Bonchev–Trinajstić information content (AvgIpc) is 2.70. The van der Waals surface area contributed by atoms with Gasteiger partial charge in [-0.15, -0.1) is 0 Å². The number of aromatic amines is 1. The summed E-state index contributed by atoms with van der Waals surface area (Å²) in [5, 5.41) is 0.305. The van der Waals surface area contributed by atoms with Crippen LogP contribution in [-0.4, -0.2) is 29.0 Å². The second-order valence-electron chi connectivity index (χ2n) is 6.02. The van der Waals surface area contributed by atoms with Gasteiger partial charge in [-0.1, -0.05) is 12.1 Å². The lowest BCUT2D eigenvalue weighted by Crippen LogP contribution is -2.15. The van der Waals surface area contributed by atoms with Crippen molar-refractivity contribution in [3.8, 4) is 0 Å². The van der Waals surface area contributed by atoms with Gasteiger partial charge < -0.3 is 14.5 Å². The number of methoxy groups -OCH3 is 1. The fourth-order valence-corrected chi connectivity index (χ4v) is 2.62. The first-order chi connectivity index (χ1) is 13.5. The van der Waals surface area contributed by atoms with Gasteiger partial charge in [0, 0.05) is 6.42 Å². The summed E-state index contributed by atoms with van der Waals surface area (Å²) in [7, 11) is 1.26. The van der Waals surface area contributed by atoms with Crippen molar-refractivity contribution < 1.29 is 23.5 Å². The van der Waals surface area contributed by atoms with Crippen LogP contribution < -0.4 is 5.56 Å². The number of aryl methyl sites for hydroxylation is 1. The molecule has 0 radical (unpaired) electrons. The summed E-state index contributed by atoms with van der Waals surface area (Å²) in [6, 6.07) is 10.2. The van der Waals surface area contributed by atoms with E-state index in [0.29, 0.717) is 17.3 Å². The van der Waals surface area contributed by atoms with Crippen molar-refractivity contribution in [2.45, 2.75) is 19.4 Å². The van der Waals surface area contributed by atoms with E-state index in [2.05, 4.69) is 14.7 Å². The van der Waals surface area contributed by atoms with Crippen molar-refractivity contribution in [1.29, 1.82) is 0 Å². The monoisotopic (exact) mass is 384 g/mol. The van der Waals surface area contributed by atoms with Gasteiger partial charge >= 0.3 is 11.9 Å². The van der Waals surface area contributed by atoms with Crippen LogP contribution in [0.25, 0.3) is 10.9 Å². The highest BCUT2D eigenvalue weighted by molar-refractivity contribution is 5.93. The second kappa shape index (κ2) is 8.43. The molecule has 0 fully saturated rings. The molecule has 0 spiro atoms. The average molecular weight is 384 g/mol. The lowest BCUT2D eigenvalue weighted by atomic mass is 10.1. The van der Waals surface area contributed by atoms with Crippen LogP contribution in [0.1, 0.15) is 28.2 Å². The predicted molar refractivity (Wildman–Crippen MR) is 98.2 cm³/mol. The molecule has 0 saturated heterocycles. The largest absolute Gasteiger partial charge is 0.465 e. The Hall–Kier alpha value is -3.55. The highest BCUT2D eigenvalue weighted by Gasteiger charge is 2.11. The number of aromatic nitrogens is 2.